The lowest BCUT2D eigenvalue weighted by atomic mass is 10.1. The maximum atomic E-state index is 12.6. The number of carbonyl (C=O) groups is 3. The molecule has 0 unspecified atom stereocenters. The number of carbonyl (C=O) groups excluding carboxylic acids is 3. The van der Waals surface area contributed by atoms with Crippen molar-refractivity contribution in [2.45, 2.75) is 18.0 Å². The summed E-state index contributed by atoms with van der Waals surface area (Å²) in [6.45, 7) is 0. The number of nitrogens with one attached hydrogen (secondary N) is 1. The smallest absolute Gasteiger partial charge is 0.337 e. The Morgan fingerprint density at radius 2 is 1.74 bits per heavy atom. The summed E-state index contributed by atoms with van der Waals surface area (Å²) in [7, 11) is 1.32. The van der Waals surface area contributed by atoms with Gasteiger partial charge in [-0.05, 0) is 71.8 Å². The van der Waals surface area contributed by atoms with Crippen molar-refractivity contribution in [3.8, 4) is 5.69 Å². The second-order valence-electron chi connectivity index (χ2n) is 6.96. The van der Waals surface area contributed by atoms with Crippen LogP contribution in [-0.2, 0) is 9.53 Å². The third-order valence-electron chi connectivity index (χ3n) is 4.73. The third-order valence-corrected chi connectivity index (χ3v) is 5.65. The van der Waals surface area contributed by atoms with E-state index in [-0.39, 0.29) is 23.4 Å². The fraction of sp³-hybridized carbons (Fsp3) is 0.238. The molecule has 31 heavy (non-hydrogen) atoms. The van der Waals surface area contributed by atoms with E-state index in [0.717, 1.165) is 12.8 Å². The topological polar surface area (TPSA) is 116 Å². The largest absolute Gasteiger partial charge is 0.465 e. The number of hydrogen-bond acceptors (Lipinski definition) is 8. The normalized spacial score (nSPS) is 12.9. The third kappa shape index (κ3) is 4.97. The molecular formula is C21H19N5O4S. The first-order valence-electron chi connectivity index (χ1n) is 9.59. The van der Waals surface area contributed by atoms with E-state index < -0.39 is 5.97 Å². The van der Waals surface area contributed by atoms with Gasteiger partial charge in [0.25, 0.3) is 0 Å². The van der Waals surface area contributed by atoms with Crippen molar-refractivity contribution in [1.29, 1.82) is 0 Å². The van der Waals surface area contributed by atoms with Crippen molar-refractivity contribution in [3.63, 3.8) is 0 Å². The molecule has 1 saturated carbocycles. The van der Waals surface area contributed by atoms with E-state index in [0.29, 0.717) is 27.7 Å². The molecule has 1 aromatic heterocycles. The van der Waals surface area contributed by atoms with Crippen LogP contribution in [0.2, 0.25) is 0 Å². The van der Waals surface area contributed by atoms with Crippen molar-refractivity contribution in [3.05, 3.63) is 59.7 Å². The summed E-state index contributed by atoms with van der Waals surface area (Å²) in [4.78, 5) is 35.9. The SMILES string of the molecule is COC(=O)c1ccc(-n2nnnc2SCC(=O)c2ccc(NC(=O)C3CC3)cc2)cc1. The molecule has 9 nitrogen and oxygen atoms in total. The van der Waals surface area contributed by atoms with Gasteiger partial charge in [0.2, 0.25) is 11.1 Å². The Morgan fingerprint density at radius 3 is 2.39 bits per heavy atom. The molecule has 0 bridgehead atoms. The van der Waals surface area contributed by atoms with Gasteiger partial charge < -0.3 is 10.1 Å². The predicted molar refractivity (Wildman–Crippen MR) is 113 cm³/mol. The molecule has 1 heterocycles. The Hall–Kier alpha value is -3.53. The second kappa shape index (κ2) is 9.09. The number of Topliss-reactive ketones (excluding diaryl/α,β-unsaturated/α-hetero) is 1. The van der Waals surface area contributed by atoms with Crippen LogP contribution in [-0.4, -0.2) is 50.7 Å². The number of aromatic nitrogens is 4. The maximum Gasteiger partial charge on any atom is 0.337 e. The number of thioether (sulfide) groups is 1. The van der Waals surface area contributed by atoms with E-state index in [1.165, 1.54) is 23.6 Å². The van der Waals surface area contributed by atoms with Crippen molar-refractivity contribution in [2.24, 2.45) is 5.92 Å². The van der Waals surface area contributed by atoms with E-state index in [1.807, 2.05) is 0 Å². The predicted octanol–water partition coefficient (Wildman–Crippen LogP) is 2.77. The monoisotopic (exact) mass is 437 g/mol. The van der Waals surface area contributed by atoms with Crippen LogP contribution < -0.4 is 5.32 Å². The summed E-state index contributed by atoms with van der Waals surface area (Å²) in [6.07, 6.45) is 1.88. The van der Waals surface area contributed by atoms with Crippen LogP contribution in [0.4, 0.5) is 5.69 Å². The first-order chi connectivity index (χ1) is 15.0. The molecule has 0 radical (unpaired) electrons. The number of nitrogens with zero attached hydrogens (tertiary/aromatic N) is 4. The molecule has 10 heteroatoms. The first kappa shape index (κ1) is 20.7. The lowest BCUT2D eigenvalue weighted by Gasteiger charge is -2.06. The number of methoxy groups -OCH3 is 1. The molecule has 1 fully saturated rings. The van der Waals surface area contributed by atoms with Crippen LogP contribution in [0.25, 0.3) is 5.69 Å². The highest BCUT2D eigenvalue weighted by Gasteiger charge is 2.29. The van der Waals surface area contributed by atoms with Crippen molar-refractivity contribution >= 4 is 35.1 Å². The van der Waals surface area contributed by atoms with Crippen molar-refractivity contribution in [2.75, 3.05) is 18.2 Å². The van der Waals surface area contributed by atoms with Gasteiger partial charge in [0.05, 0.1) is 24.1 Å². The Kier molecular flexibility index (Phi) is 6.08. The average molecular weight is 437 g/mol. The summed E-state index contributed by atoms with van der Waals surface area (Å²) in [5, 5.41) is 14.9. The lowest BCUT2D eigenvalue weighted by molar-refractivity contribution is -0.117. The molecule has 1 aliphatic carbocycles. The van der Waals surface area contributed by atoms with Gasteiger partial charge in [0.15, 0.2) is 5.78 Å². The second-order valence-corrected chi connectivity index (χ2v) is 7.91. The van der Waals surface area contributed by atoms with Crippen LogP contribution in [0.5, 0.6) is 0 Å². The fourth-order valence-corrected chi connectivity index (χ4v) is 3.62. The molecule has 1 aliphatic rings. The molecule has 4 rings (SSSR count). The Labute approximate surface area is 182 Å². The highest BCUT2D eigenvalue weighted by Crippen LogP contribution is 2.30. The van der Waals surface area contributed by atoms with Crippen LogP contribution in [0.3, 0.4) is 0 Å². The van der Waals surface area contributed by atoms with Crippen molar-refractivity contribution in [1.82, 2.24) is 20.2 Å². The summed E-state index contributed by atoms with van der Waals surface area (Å²) >= 11 is 1.21. The standard InChI is InChI=1S/C21H19N5O4S/c1-30-20(29)15-6-10-17(11-7-15)26-21(23-24-25-26)31-12-18(27)13-4-8-16(9-5-13)22-19(28)14-2-3-14/h4-11,14H,2-3,12H2,1H3,(H,22,28). The van der Waals surface area contributed by atoms with Gasteiger partial charge in [-0.15, -0.1) is 5.10 Å². The molecule has 0 spiro atoms. The zero-order valence-electron chi connectivity index (χ0n) is 16.6. The molecular weight excluding hydrogens is 418 g/mol. The molecule has 3 aromatic rings. The minimum absolute atomic E-state index is 0.0288. The molecule has 1 N–H and O–H groups in total. The molecule has 1 amide bonds. The van der Waals surface area contributed by atoms with Gasteiger partial charge in [-0.1, -0.05) is 11.8 Å². The van der Waals surface area contributed by atoms with Gasteiger partial charge in [0, 0.05) is 17.2 Å². The summed E-state index contributed by atoms with van der Waals surface area (Å²) in [6, 6.07) is 13.5. The number of amides is 1. The number of ether oxygens (including phenoxy) is 1. The minimum atomic E-state index is -0.429. The number of benzene rings is 2. The van der Waals surface area contributed by atoms with E-state index in [9.17, 15) is 14.4 Å². The molecule has 0 atom stereocenters. The number of rotatable bonds is 8. The quantitative estimate of drug-likeness (QED) is 0.325. The summed E-state index contributed by atoms with van der Waals surface area (Å²) in [5.74, 6) is -0.210. The van der Waals surface area contributed by atoms with Gasteiger partial charge in [-0.25, -0.2) is 4.79 Å². The highest BCUT2D eigenvalue weighted by molar-refractivity contribution is 7.99. The fourth-order valence-electron chi connectivity index (χ4n) is 2.83. The van der Waals surface area contributed by atoms with Gasteiger partial charge >= 0.3 is 5.97 Å². The first-order valence-corrected chi connectivity index (χ1v) is 10.6. The average Bonchev–Trinajstić information content (AvgIpc) is 3.56. The molecule has 158 valence electrons. The van der Waals surface area contributed by atoms with E-state index in [1.54, 1.807) is 48.5 Å². The van der Waals surface area contributed by atoms with E-state index in [2.05, 4.69) is 25.6 Å². The van der Waals surface area contributed by atoms with Gasteiger partial charge in [-0.3, -0.25) is 9.59 Å². The zero-order chi connectivity index (χ0) is 21.8. The number of hydrogen-bond donors (Lipinski definition) is 1. The number of tetrazole rings is 1. The molecule has 0 aliphatic heterocycles. The van der Waals surface area contributed by atoms with Crippen LogP contribution in [0.15, 0.2) is 53.7 Å². The van der Waals surface area contributed by atoms with E-state index in [4.69, 9.17) is 0 Å². The van der Waals surface area contributed by atoms with Crippen LogP contribution in [0.1, 0.15) is 33.6 Å². The van der Waals surface area contributed by atoms with Gasteiger partial charge in [-0.2, -0.15) is 4.68 Å². The van der Waals surface area contributed by atoms with Crippen LogP contribution >= 0.6 is 11.8 Å². The number of esters is 1. The zero-order valence-corrected chi connectivity index (χ0v) is 17.5. The Morgan fingerprint density at radius 1 is 1.06 bits per heavy atom. The maximum absolute atomic E-state index is 12.6. The van der Waals surface area contributed by atoms with Crippen LogP contribution in [0, 0.1) is 5.92 Å². The summed E-state index contributed by atoms with van der Waals surface area (Å²) in [5.41, 5.74) is 2.29. The molecule has 0 saturated heterocycles. The Bertz CT molecular complexity index is 1110. The molecule has 2 aromatic carbocycles. The highest BCUT2D eigenvalue weighted by atomic mass is 32.2. The minimum Gasteiger partial charge on any atom is -0.465 e. The number of ketones is 1. The Balaban J connectivity index is 1.37. The van der Waals surface area contributed by atoms with Crippen molar-refractivity contribution < 1.29 is 19.1 Å². The lowest BCUT2D eigenvalue weighted by Crippen LogP contribution is -2.13. The number of anilines is 1. The summed E-state index contributed by atoms with van der Waals surface area (Å²) < 4.78 is 6.18. The van der Waals surface area contributed by atoms with E-state index >= 15 is 0 Å². The van der Waals surface area contributed by atoms with Gasteiger partial charge in [0.1, 0.15) is 0 Å².